The molecule has 21 heavy (non-hydrogen) atoms. The Morgan fingerprint density at radius 1 is 1.29 bits per heavy atom. The molecule has 1 amide bonds. The molecule has 1 aromatic heterocycles. The van der Waals surface area contributed by atoms with Crippen molar-refractivity contribution in [3.63, 3.8) is 0 Å². The van der Waals surface area contributed by atoms with Gasteiger partial charge in [0, 0.05) is 25.3 Å². The Morgan fingerprint density at radius 3 is 2.71 bits per heavy atom. The predicted molar refractivity (Wildman–Crippen MR) is 84.4 cm³/mol. The lowest BCUT2D eigenvalue weighted by atomic mass is 9.95. The van der Waals surface area contributed by atoms with Crippen LogP contribution in [0.1, 0.15) is 49.6 Å². The van der Waals surface area contributed by atoms with E-state index in [4.69, 9.17) is 0 Å². The van der Waals surface area contributed by atoms with Crippen LogP contribution in [0.3, 0.4) is 0 Å². The highest BCUT2D eigenvalue weighted by atomic mass is 16.2. The molecule has 0 saturated carbocycles. The zero-order valence-corrected chi connectivity index (χ0v) is 13.2. The summed E-state index contributed by atoms with van der Waals surface area (Å²) >= 11 is 0. The highest BCUT2D eigenvalue weighted by molar-refractivity contribution is 5.93. The first-order chi connectivity index (χ1) is 10.2. The number of aromatic nitrogens is 1. The van der Waals surface area contributed by atoms with Crippen LogP contribution in [0.2, 0.25) is 0 Å². The number of hydrogen-bond donors (Lipinski definition) is 1. The maximum atomic E-state index is 12.8. The molecule has 0 aliphatic carbocycles. The number of nitrogens with one attached hydrogen (secondary N) is 1. The molecule has 0 bridgehead atoms. The summed E-state index contributed by atoms with van der Waals surface area (Å²) in [5, 5.41) is 3.39. The van der Waals surface area contributed by atoms with Gasteiger partial charge in [-0.05, 0) is 56.3 Å². The second kappa shape index (κ2) is 6.22. The van der Waals surface area contributed by atoms with Gasteiger partial charge in [0.1, 0.15) is 5.69 Å². The van der Waals surface area contributed by atoms with E-state index in [0.29, 0.717) is 17.9 Å². The van der Waals surface area contributed by atoms with Crippen LogP contribution in [0, 0.1) is 11.8 Å². The van der Waals surface area contributed by atoms with Gasteiger partial charge < -0.3 is 14.8 Å². The number of amides is 1. The molecular formula is C17H27N3O. The van der Waals surface area contributed by atoms with Crippen LogP contribution in [-0.2, 0) is 0 Å². The number of piperidine rings is 1. The van der Waals surface area contributed by atoms with Crippen molar-refractivity contribution in [3.05, 3.63) is 24.0 Å². The van der Waals surface area contributed by atoms with Gasteiger partial charge in [0.05, 0.1) is 0 Å². The average molecular weight is 289 g/mol. The van der Waals surface area contributed by atoms with Gasteiger partial charge in [-0.1, -0.05) is 13.8 Å². The Labute approximate surface area is 127 Å². The first kappa shape index (κ1) is 14.6. The van der Waals surface area contributed by atoms with Crippen molar-refractivity contribution in [3.8, 4) is 0 Å². The average Bonchev–Trinajstić information content (AvgIpc) is 3.17. The van der Waals surface area contributed by atoms with Crippen molar-refractivity contribution in [1.29, 1.82) is 0 Å². The summed E-state index contributed by atoms with van der Waals surface area (Å²) in [7, 11) is 0. The lowest BCUT2D eigenvalue weighted by Gasteiger charge is -2.27. The van der Waals surface area contributed by atoms with Crippen LogP contribution in [0.5, 0.6) is 0 Å². The lowest BCUT2D eigenvalue weighted by molar-refractivity contribution is 0.0769. The fourth-order valence-corrected chi connectivity index (χ4v) is 3.66. The highest BCUT2D eigenvalue weighted by Crippen LogP contribution is 2.27. The molecule has 1 atom stereocenters. The van der Waals surface area contributed by atoms with Crippen molar-refractivity contribution < 1.29 is 4.79 Å². The molecule has 1 N–H and O–H groups in total. The summed E-state index contributed by atoms with van der Waals surface area (Å²) in [6.07, 6.45) is 5.46. The van der Waals surface area contributed by atoms with E-state index in [0.717, 1.165) is 51.1 Å². The quantitative estimate of drug-likeness (QED) is 0.928. The smallest absolute Gasteiger partial charge is 0.270 e. The van der Waals surface area contributed by atoms with E-state index in [2.05, 4.69) is 34.8 Å². The van der Waals surface area contributed by atoms with Crippen molar-refractivity contribution >= 4 is 5.91 Å². The van der Waals surface area contributed by atoms with Crippen molar-refractivity contribution in [2.24, 2.45) is 11.8 Å². The molecular weight excluding hydrogens is 262 g/mol. The summed E-state index contributed by atoms with van der Waals surface area (Å²) in [6.45, 7) is 8.46. The van der Waals surface area contributed by atoms with E-state index in [-0.39, 0.29) is 5.91 Å². The Morgan fingerprint density at radius 2 is 2.05 bits per heavy atom. The summed E-state index contributed by atoms with van der Waals surface area (Å²) in [4.78, 5) is 14.9. The zero-order valence-electron chi connectivity index (χ0n) is 13.2. The molecule has 0 spiro atoms. The summed E-state index contributed by atoms with van der Waals surface area (Å²) < 4.78 is 2.21. The van der Waals surface area contributed by atoms with Gasteiger partial charge in [0.2, 0.25) is 0 Å². The molecule has 2 aliphatic heterocycles. The van der Waals surface area contributed by atoms with Gasteiger partial charge in [0.25, 0.3) is 5.91 Å². The van der Waals surface area contributed by atoms with E-state index in [1.54, 1.807) is 0 Å². The van der Waals surface area contributed by atoms with Gasteiger partial charge in [-0.15, -0.1) is 0 Å². The second-order valence-electron chi connectivity index (χ2n) is 6.83. The summed E-state index contributed by atoms with van der Waals surface area (Å²) in [5.74, 6) is 1.55. The lowest BCUT2D eigenvalue weighted by Crippen LogP contribution is -2.34. The van der Waals surface area contributed by atoms with Crippen LogP contribution >= 0.6 is 0 Å². The fraction of sp³-hybridized carbons (Fsp3) is 0.706. The number of carbonyl (C=O) groups excluding carboxylic acids is 1. The van der Waals surface area contributed by atoms with Crippen LogP contribution in [0.15, 0.2) is 18.3 Å². The van der Waals surface area contributed by atoms with Gasteiger partial charge in [-0.3, -0.25) is 4.79 Å². The molecule has 2 saturated heterocycles. The molecule has 4 nitrogen and oxygen atoms in total. The monoisotopic (exact) mass is 289 g/mol. The Balaban J connectivity index is 1.72. The molecule has 1 unspecified atom stereocenters. The fourth-order valence-electron chi connectivity index (χ4n) is 3.66. The number of nitrogens with zero attached hydrogens (tertiary/aromatic N) is 2. The number of rotatable bonds is 3. The molecule has 4 heteroatoms. The molecule has 1 aromatic rings. The molecule has 2 aliphatic rings. The van der Waals surface area contributed by atoms with Crippen LogP contribution in [-0.4, -0.2) is 41.6 Å². The minimum atomic E-state index is 0.224. The SMILES string of the molecule is CC(C)C1CCN(C(=O)c2cccn2C2CCNCC2)C1. The third-order valence-corrected chi connectivity index (χ3v) is 5.15. The first-order valence-electron chi connectivity index (χ1n) is 8.33. The topological polar surface area (TPSA) is 37.3 Å². The Kier molecular flexibility index (Phi) is 4.34. The standard InChI is InChI=1S/C17H27N3O/c1-13(2)14-7-11-19(12-14)17(21)16-4-3-10-20(16)15-5-8-18-9-6-15/h3-4,10,13-15,18H,5-9,11-12H2,1-2H3. The minimum absolute atomic E-state index is 0.224. The van der Waals surface area contributed by atoms with Crippen molar-refractivity contribution in [2.45, 2.75) is 39.2 Å². The van der Waals surface area contributed by atoms with E-state index >= 15 is 0 Å². The van der Waals surface area contributed by atoms with Crippen LogP contribution in [0.4, 0.5) is 0 Å². The maximum absolute atomic E-state index is 12.8. The number of hydrogen-bond acceptors (Lipinski definition) is 2. The van der Waals surface area contributed by atoms with Gasteiger partial charge in [-0.2, -0.15) is 0 Å². The normalized spacial score (nSPS) is 24.0. The van der Waals surface area contributed by atoms with E-state index in [1.165, 1.54) is 0 Å². The number of likely N-dealkylation sites (tertiary alicyclic amines) is 1. The third-order valence-electron chi connectivity index (χ3n) is 5.15. The maximum Gasteiger partial charge on any atom is 0.270 e. The van der Waals surface area contributed by atoms with E-state index in [9.17, 15) is 4.79 Å². The minimum Gasteiger partial charge on any atom is -0.340 e. The van der Waals surface area contributed by atoms with Gasteiger partial charge in [-0.25, -0.2) is 0 Å². The molecule has 116 valence electrons. The van der Waals surface area contributed by atoms with Gasteiger partial charge >= 0.3 is 0 Å². The highest BCUT2D eigenvalue weighted by Gasteiger charge is 2.30. The zero-order chi connectivity index (χ0) is 14.8. The third kappa shape index (κ3) is 3.00. The Bertz CT molecular complexity index is 488. The largest absolute Gasteiger partial charge is 0.340 e. The van der Waals surface area contributed by atoms with Crippen LogP contribution < -0.4 is 5.32 Å². The van der Waals surface area contributed by atoms with Crippen molar-refractivity contribution in [2.75, 3.05) is 26.2 Å². The molecule has 3 rings (SSSR count). The van der Waals surface area contributed by atoms with E-state index in [1.807, 2.05) is 12.1 Å². The summed E-state index contributed by atoms with van der Waals surface area (Å²) in [5.41, 5.74) is 0.881. The van der Waals surface area contributed by atoms with Gasteiger partial charge in [0.15, 0.2) is 0 Å². The molecule has 3 heterocycles. The second-order valence-corrected chi connectivity index (χ2v) is 6.83. The molecule has 0 radical (unpaired) electrons. The number of carbonyl (C=O) groups is 1. The van der Waals surface area contributed by atoms with Crippen molar-refractivity contribution in [1.82, 2.24) is 14.8 Å². The van der Waals surface area contributed by atoms with Crippen LogP contribution in [0.25, 0.3) is 0 Å². The Hall–Kier alpha value is -1.29. The molecule has 0 aromatic carbocycles. The molecule has 2 fully saturated rings. The van der Waals surface area contributed by atoms with E-state index < -0.39 is 0 Å². The first-order valence-corrected chi connectivity index (χ1v) is 8.33. The predicted octanol–water partition coefficient (Wildman–Crippen LogP) is 2.53. The summed E-state index contributed by atoms with van der Waals surface area (Å²) in [6, 6.07) is 4.49.